The van der Waals surface area contributed by atoms with E-state index in [4.69, 9.17) is 4.74 Å². The molecule has 0 saturated heterocycles. The van der Waals surface area contributed by atoms with Crippen LogP contribution in [0.4, 0.5) is 4.79 Å². The number of hydrogen-bond acceptors (Lipinski definition) is 3. The first-order chi connectivity index (χ1) is 7.41. The molecule has 16 heavy (non-hydrogen) atoms. The van der Waals surface area contributed by atoms with E-state index in [2.05, 4.69) is 10.6 Å². The molecule has 0 heterocycles. The standard InChI is InChI=1S/C11H22N2O3/c1-8(2)7-13-10(14)5-6-12-11(15)16-9(3)4/h8-9H,5-7H2,1-4H3,(H,12,15)(H,13,14). The Morgan fingerprint density at radius 2 is 1.75 bits per heavy atom. The molecule has 0 aliphatic carbocycles. The lowest BCUT2D eigenvalue weighted by atomic mass is 10.2. The first-order valence-electron chi connectivity index (χ1n) is 5.63. The molecule has 0 rings (SSSR count). The van der Waals surface area contributed by atoms with Crippen LogP contribution in [-0.4, -0.2) is 31.2 Å². The Bertz CT molecular complexity index is 227. The summed E-state index contributed by atoms with van der Waals surface area (Å²) >= 11 is 0. The van der Waals surface area contributed by atoms with Crippen LogP contribution in [0.25, 0.3) is 0 Å². The van der Waals surface area contributed by atoms with E-state index in [-0.39, 0.29) is 18.4 Å². The van der Waals surface area contributed by atoms with Crippen molar-refractivity contribution < 1.29 is 14.3 Å². The lowest BCUT2D eigenvalue weighted by molar-refractivity contribution is -0.121. The summed E-state index contributed by atoms with van der Waals surface area (Å²) < 4.78 is 4.85. The molecule has 0 aliphatic rings. The van der Waals surface area contributed by atoms with Gasteiger partial charge in [-0.1, -0.05) is 13.8 Å². The van der Waals surface area contributed by atoms with Gasteiger partial charge in [0.05, 0.1) is 6.10 Å². The minimum atomic E-state index is -0.480. The van der Waals surface area contributed by atoms with Crippen LogP contribution >= 0.6 is 0 Å². The molecule has 0 unspecified atom stereocenters. The van der Waals surface area contributed by atoms with Crippen LogP contribution in [-0.2, 0) is 9.53 Å². The van der Waals surface area contributed by atoms with Crippen LogP contribution in [0.3, 0.4) is 0 Å². The Kier molecular flexibility index (Phi) is 7.33. The summed E-state index contributed by atoms with van der Waals surface area (Å²) in [5, 5.41) is 5.28. The maximum atomic E-state index is 11.2. The highest BCUT2D eigenvalue weighted by Crippen LogP contribution is 1.90. The quantitative estimate of drug-likeness (QED) is 0.722. The number of nitrogens with one attached hydrogen (secondary N) is 2. The first kappa shape index (κ1) is 14.7. The van der Waals surface area contributed by atoms with Crippen molar-refractivity contribution in [2.75, 3.05) is 13.1 Å². The SMILES string of the molecule is CC(C)CNC(=O)CCNC(=O)OC(C)C. The summed E-state index contributed by atoms with van der Waals surface area (Å²) in [6.07, 6.45) is -0.346. The largest absolute Gasteiger partial charge is 0.447 e. The van der Waals surface area contributed by atoms with E-state index in [1.54, 1.807) is 13.8 Å². The second-order valence-corrected chi connectivity index (χ2v) is 4.33. The van der Waals surface area contributed by atoms with Crippen molar-refractivity contribution in [3.63, 3.8) is 0 Å². The van der Waals surface area contributed by atoms with Crippen LogP contribution < -0.4 is 10.6 Å². The van der Waals surface area contributed by atoms with Gasteiger partial charge in [0, 0.05) is 19.5 Å². The zero-order valence-electron chi connectivity index (χ0n) is 10.5. The summed E-state index contributed by atoms with van der Waals surface area (Å²) in [4.78, 5) is 22.3. The number of carbonyl (C=O) groups is 2. The Morgan fingerprint density at radius 1 is 1.12 bits per heavy atom. The maximum Gasteiger partial charge on any atom is 0.407 e. The molecule has 0 spiro atoms. The first-order valence-corrected chi connectivity index (χ1v) is 5.63. The smallest absolute Gasteiger partial charge is 0.407 e. The molecule has 0 bridgehead atoms. The summed E-state index contributed by atoms with van der Waals surface area (Å²) in [6, 6.07) is 0. The number of ether oxygens (including phenoxy) is 1. The summed E-state index contributed by atoms with van der Waals surface area (Å²) in [7, 11) is 0. The molecule has 0 saturated carbocycles. The molecule has 0 aromatic rings. The highest BCUT2D eigenvalue weighted by Gasteiger charge is 2.06. The second-order valence-electron chi connectivity index (χ2n) is 4.33. The van der Waals surface area contributed by atoms with E-state index in [1.165, 1.54) is 0 Å². The highest BCUT2D eigenvalue weighted by molar-refractivity contribution is 5.76. The van der Waals surface area contributed by atoms with E-state index < -0.39 is 6.09 Å². The Labute approximate surface area is 96.9 Å². The van der Waals surface area contributed by atoms with E-state index in [0.29, 0.717) is 19.0 Å². The van der Waals surface area contributed by atoms with Gasteiger partial charge in [0.15, 0.2) is 0 Å². The van der Waals surface area contributed by atoms with Gasteiger partial charge in [-0.3, -0.25) is 4.79 Å². The van der Waals surface area contributed by atoms with Crippen molar-refractivity contribution in [1.29, 1.82) is 0 Å². The third-order valence-electron chi connectivity index (χ3n) is 1.67. The normalized spacial score (nSPS) is 10.4. The zero-order valence-corrected chi connectivity index (χ0v) is 10.5. The fourth-order valence-corrected chi connectivity index (χ4v) is 0.940. The number of rotatable bonds is 6. The molecule has 2 amide bonds. The Morgan fingerprint density at radius 3 is 2.25 bits per heavy atom. The van der Waals surface area contributed by atoms with Crippen LogP contribution in [0.5, 0.6) is 0 Å². The number of alkyl carbamates (subject to hydrolysis) is 1. The minimum Gasteiger partial charge on any atom is -0.447 e. The minimum absolute atomic E-state index is 0.0569. The molecule has 0 radical (unpaired) electrons. The van der Waals surface area contributed by atoms with E-state index >= 15 is 0 Å². The highest BCUT2D eigenvalue weighted by atomic mass is 16.6. The van der Waals surface area contributed by atoms with Gasteiger partial charge in [-0.2, -0.15) is 0 Å². The van der Waals surface area contributed by atoms with Gasteiger partial charge in [-0.25, -0.2) is 4.79 Å². The number of carbonyl (C=O) groups excluding carboxylic acids is 2. The molecule has 2 N–H and O–H groups in total. The molecule has 5 heteroatoms. The maximum absolute atomic E-state index is 11.2. The summed E-state index contributed by atoms with van der Waals surface area (Å²) in [6.45, 7) is 8.56. The van der Waals surface area contributed by atoms with Gasteiger partial charge in [-0.15, -0.1) is 0 Å². The average molecular weight is 230 g/mol. The van der Waals surface area contributed by atoms with Crippen molar-refractivity contribution in [2.24, 2.45) is 5.92 Å². The van der Waals surface area contributed by atoms with Crippen molar-refractivity contribution in [2.45, 2.75) is 40.2 Å². The van der Waals surface area contributed by atoms with Crippen molar-refractivity contribution >= 4 is 12.0 Å². The van der Waals surface area contributed by atoms with Crippen molar-refractivity contribution in [3.8, 4) is 0 Å². The third kappa shape index (κ3) is 9.30. The van der Waals surface area contributed by atoms with E-state index in [9.17, 15) is 9.59 Å². The zero-order chi connectivity index (χ0) is 12.6. The van der Waals surface area contributed by atoms with Gasteiger partial charge in [0.25, 0.3) is 0 Å². The molecule has 94 valence electrons. The molecular formula is C11H22N2O3. The monoisotopic (exact) mass is 230 g/mol. The topological polar surface area (TPSA) is 67.4 Å². The Hall–Kier alpha value is -1.26. The molecule has 0 atom stereocenters. The predicted molar refractivity (Wildman–Crippen MR) is 62.1 cm³/mol. The number of hydrogen-bond donors (Lipinski definition) is 2. The van der Waals surface area contributed by atoms with Crippen LogP contribution in [0.15, 0.2) is 0 Å². The van der Waals surface area contributed by atoms with Gasteiger partial charge >= 0.3 is 6.09 Å². The number of amides is 2. The summed E-state index contributed by atoms with van der Waals surface area (Å²) in [5.74, 6) is 0.376. The van der Waals surface area contributed by atoms with Crippen molar-refractivity contribution in [1.82, 2.24) is 10.6 Å². The predicted octanol–water partition coefficient (Wildman–Crippen LogP) is 1.28. The lowest BCUT2D eigenvalue weighted by Crippen LogP contribution is -2.33. The van der Waals surface area contributed by atoms with Gasteiger partial charge in [0.2, 0.25) is 5.91 Å². The molecule has 0 aliphatic heterocycles. The van der Waals surface area contributed by atoms with Crippen LogP contribution in [0.2, 0.25) is 0 Å². The molecular weight excluding hydrogens is 208 g/mol. The van der Waals surface area contributed by atoms with Gasteiger partial charge < -0.3 is 15.4 Å². The van der Waals surface area contributed by atoms with E-state index in [0.717, 1.165) is 0 Å². The molecule has 0 fully saturated rings. The Balaban J connectivity index is 3.50. The fraction of sp³-hybridized carbons (Fsp3) is 0.818. The van der Waals surface area contributed by atoms with Crippen LogP contribution in [0, 0.1) is 5.92 Å². The third-order valence-corrected chi connectivity index (χ3v) is 1.67. The second kappa shape index (κ2) is 7.96. The molecule has 0 aromatic heterocycles. The van der Waals surface area contributed by atoms with E-state index in [1.807, 2.05) is 13.8 Å². The lowest BCUT2D eigenvalue weighted by Gasteiger charge is -2.10. The van der Waals surface area contributed by atoms with Crippen LogP contribution in [0.1, 0.15) is 34.1 Å². The molecule has 0 aromatic carbocycles. The summed E-state index contributed by atoms with van der Waals surface area (Å²) in [5.41, 5.74) is 0. The average Bonchev–Trinajstić information content (AvgIpc) is 2.13. The van der Waals surface area contributed by atoms with Gasteiger partial charge in [-0.05, 0) is 19.8 Å². The van der Waals surface area contributed by atoms with Crippen molar-refractivity contribution in [3.05, 3.63) is 0 Å². The molecule has 5 nitrogen and oxygen atoms in total. The fourth-order valence-electron chi connectivity index (χ4n) is 0.940. The van der Waals surface area contributed by atoms with Gasteiger partial charge in [0.1, 0.15) is 0 Å².